The molecule has 0 saturated heterocycles. The summed E-state index contributed by atoms with van der Waals surface area (Å²) in [5.41, 5.74) is 2.96. The van der Waals surface area contributed by atoms with E-state index in [2.05, 4.69) is 42.6 Å². The lowest BCUT2D eigenvalue weighted by Crippen LogP contribution is -2.01. The highest BCUT2D eigenvalue weighted by Crippen LogP contribution is 2.23. The topological polar surface area (TPSA) is 33.6 Å². The second kappa shape index (κ2) is 5.19. The lowest BCUT2D eigenvalue weighted by Gasteiger charge is -2.03. The summed E-state index contributed by atoms with van der Waals surface area (Å²) in [6.07, 6.45) is 0.965. The first-order valence-electron chi connectivity index (χ1n) is 5.94. The maximum atomic E-state index is 5.38. The number of H-pyrrole nitrogens is 1. The van der Waals surface area contributed by atoms with Crippen LogP contribution >= 0.6 is 39.5 Å². The van der Waals surface area contributed by atoms with Gasteiger partial charge in [-0.3, -0.25) is 0 Å². The van der Waals surface area contributed by atoms with Gasteiger partial charge in [-0.25, -0.2) is 4.98 Å². The van der Waals surface area contributed by atoms with Gasteiger partial charge in [-0.05, 0) is 65.8 Å². The van der Waals surface area contributed by atoms with Gasteiger partial charge in [0.15, 0.2) is 10.4 Å². The Morgan fingerprint density at radius 1 is 1.37 bits per heavy atom. The molecule has 3 heterocycles. The fourth-order valence-electron chi connectivity index (χ4n) is 2.04. The van der Waals surface area contributed by atoms with Crippen LogP contribution in [0.1, 0.15) is 10.6 Å². The van der Waals surface area contributed by atoms with Crippen LogP contribution < -0.4 is 0 Å². The minimum absolute atomic E-state index is 0.740. The van der Waals surface area contributed by atoms with Crippen LogP contribution in [0.15, 0.2) is 28.1 Å². The van der Waals surface area contributed by atoms with Crippen LogP contribution in [-0.2, 0) is 13.0 Å². The van der Waals surface area contributed by atoms with Gasteiger partial charge in [0.25, 0.3) is 0 Å². The Hall–Kier alpha value is -0.980. The van der Waals surface area contributed by atoms with E-state index in [9.17, 15) is 0 Å². The van der Waals surface area contributed by atoms with Crippen molar-refractivity contribution in [2.75, 3.05) is 0 Å². The Kier molecular flexibility index (Phi) is 3.56. The van der Waals surface area contributed by atoms with Crippen LogP contribution in [0, 0.1) is 11.7 Å². The molecule has 0 bridgehead atoms. The van der Waals surface area contributed by atoms with Crippen LogP contribution in [0.2, 0.25) is 0 Å². The first-order valence-corrected chi connectivity index (χ1v) is 7.95. The van der Waals surface area contributed by atoms with Gasteiger partial charge in [0.2, 0.25) is 0 Å². The number of thiophene rings is 1. The van der Waals surface area contributed by atoms with Crippen LogP contribution in [0.5, 0.6) is 0 Å². The third kappa shape index (κ3) is 2.66. The second-order valence-electron chi connectivity index (χ2n) is 4.36. The molecule has 19 heavy (non-hydrogen) atoms. The van der Waals surface area contributed by atoms with Gasteiger partial charge in [-0.2, -0.15) is 0 Å². The van der Waals surface area contributed by atoms with E-state index in [1.165, 1.54) is 8.66 Å². The molecule has 3 nitrogen and oxygen atoms in total. The standard InChI is InChI=1S/C13H12BrN3S2/c1-8-2-4-10-12(15-8)17(13(18)16-10)7-6-9-3-5-11(14)19-9/h2-5H,6-7H2,1H3,(H,16,18). The fourth-order valence-corrected chi connectivity index (χ4v) is 3.80. The number of rotatable bonds is 3. The quantitative estimate of drug-likeness (QED) is 0.704. The summed E-state index contributed by atoms with van der Waals surface area (Å²) in [4.78, 5) is 9.12. The van der Waals surface area contributed by atoms with Gasteiger partial charge in [0.05, 0.1) is 9.30 Å². The van der Waals surface area contributed by atoms with E-state index in [4.69, 9.17) is 12.2 Å². The van der Waals surface area contributed by atoms with Crippen LogP contribution in [0.4, 0.5) is 0 Å². The number of halogens is 1. The first-order chi connectivity index (χ1) is 9.13. The van der Waals surface area contributed by atoms with E-state index < -0.39 is 0 Å². The largest absolute Gasteiger partial charge is 0.329 e. The second-order valence-corrected chi connectivity index (χ2v) is 7.30. The number of hydrogen-bond donors (Lipinski definition) is 1. The highest BCUT2D eigenvalue weighted by atomic mass is 79.9. The number of aromatic nitrogens is 3. The smallest absolute Gasteiger partial charge is 0.179 e. The van der Waals surface area contributed by atoms with Crippen LogP contribution in [0.3, 0.4) is 0 Å². The Bertz CT molecular complexity index is 785. The van der Waals surface area contributed by atoms with Gasteiger partial charge >= 0.3 is 0 Å². The zero-order valence-electron chi connectivity index (χ0n) is 10.3. The molecule has 0 aromatic carbocycles. The van der Waals surface area contributed by atoms with Crippen molar-refractivity contribution in [3.63, 3.8) is 0 Å². The molecule has 0 radical (unpaired) electrons. The molecule has 0 amide bonds. The molecular weight excluding hydrogens is 342 g/mol. The molecule has 0 atom stereocenters. The molecule has 3 rings (SSSR count). The van der Waals surface area contributed by atoms with Crippen molar-refractivity contribution in [2.45, 2.75) is 19.9 Å². The molecule has 3 aromatic rings. The van der Waals surface area contributed by atoms with E-state index >= 15 is 0 Å². The van der Waals surface area contributed by atoms with E-state index in [1.54, 1.807) is 11.3 Å². The van der Waals surface area contributed by atoms with E-state index in [0.29, 0.717) is 0 Å². The van der Waals surface area contributed by atoms with Crippen LogP contribution in [0.25, 0.3) is 11.2 Å². The van der Waals surface area contributed by atoms with Crippen molar-refractivity contribution in [1.29, 1.82) is 0 Å². The molecule has 0 aliphatic carbocycles. The molecule has 0 fully saturated rings. The predicted octanol–water partition coefficient (Wildman–Crippen LogP) is 4.47. The molecule has 3 aromatic heterocycles. The van der Waals surface area contributed by atoms with Crippen molar-refractivity contribution in [3.8, 4) is 0 Å². The van der Waals surface area contributed by atoms with Crippen LogP contribution in [-0.4, -0.2) is 14.5 Å². The minimum Gasteiger partial charge on any atom is -0.329 e. The first kappa shape index (κ1) is 13.0. The molecule has 98 valence electrons. The van der Waals surface area contributed by atoms with Gasteiger partial charge in [-0.1, -0.05) is 0 Å². The number of pyridine rings is 1. The van der Waals surface area contributed by atoms with Gasteiger partial charge in [-0.15, -0.1) is 11.3 Å². The SMILES string of the molecule is Cc1ccc2[nH]c(=S)n(CCc3ccc(Br)s3)c2n1. The molecule has 0 saturated carbocycles. The number of aromatic amines is 1. The summed E-state index contributed by atoms with van der Waals surface area (Å²) in [5.74, 6) is 0. The molecule has 6 heteroatoms. The highest BCUT2D eigenvalue weighted by Gasteiger charge is 2.07. The van der Waals surface area contributed by atoms with E-state index in [1.807, 2.05) is 19.1 Å². The lowest BCUT2D eigenvalue weighted by molar-refractivity contribution is 0.705. The summed E-state index contributed by atoms with van der Waals surface area (Å²) in [7, 11) is 0. The Labute approximate surface area is 128 Å². The summed E-state index contributed by atoms with van der Waals surface area (Å²) in [6, 6.07) is 8.25. The average Bonchev–Trinajstić information content (AvgIpc) is 2.90. The number of fused-ring (bicyclic) bond motifs is 1. The van der Waals surface area contributed by atoms with Crippen molar-refractivity contribution in [3.05, 3.63) is 43.4 Å². The zero-order chi connectivity index (χ0) is 13.4. The summed E-state index contributed by atoms with van der Waals surface area (Å²) in [5, 5.41) is 0. The predicted molar refractivity (Wildman–Crippen MR) is 85.4 cm³/mol. The lowest BCUT2D eigenvalue weighted by atomic mass is 10.3. The van der Waals surface area contributed by atoms with E-state index in [-0.39, 0.29) is 0 Å². The molecular formula is C13H12BrN3S2. The number of nitrogens with one attached hydrogen (secondary N) is 1. The molecule has 0 spiro atoms. The third-order valence-electron chi connectivity index (χ3n) is 2.97. The maximum absolute atomic E-state index is 5.38. The summed E-state index contributed by atoms with van der Waals surface area (Å²) in [6.45, 7) is 2.85. The molecule has 1 N–H and O–H groups in total. The molecule has 0 aliphatic heterocycles. The van der Waals surface area contributed by atoms with Gasteiger partial charge in [0, 0.05) is 17.1 Å². The number of hydrogen-bond acceptors (Lipinski definition) is 3. The van der Waals surface area contributed by atoms with Crippen molar-refractivity contribution < 1.29 is 0 Å². The van der Waals surface area contributed by atoms with Gasteiger partial charge in [0.1, 0.15) is 0 Å². The summed E-state index contributed by atoms with van der Waals surface area (Å²) >= 11 is 10.6. The fraction of sp³-hybridized carbons (Fsp3) is 0.231. The summed E-state index contributed by atoms with van der Waals surface area (Å²) < 4.78 is 3.98. The van der Waals surface area contributed by atoms with Crippen molar-refractivity contribution >= 4 is 50.6 Å². The maximum Gasteiger partial charge on any atom is 0.179 e. The monoisotopic (exact) mass is 353 g/mol. The van der Waals surface area contributed by atoms with Crippen molar-refractivity contribution in [1.82, 2.24) is 14.5 Å². The normalized spacial score (nSPS) is 11.3. The van der Waals surface area contributed by atoms with E-state index in [0.717, 1.165) is 34.6 Å². The third-order valence-corrected chi connectivity index (χ3v) is 4.97. The number of imidazole rings is 1. The number of nitrogens with zero attached hydrogens (tertiary/aromatic N) is 2. The zero-order valence-corrected chi connectivity index (χ0v) is 13.5. The molecule has 0 unspecified atom stereocenters. The molecule has 0 aliphatic rings. The van der Waals surface area contributed by atoms with Gasteiger partial charge < -0.3 is 9.55 Å². The Morgan fingerprint density at radius 2 is 2.21 bits per heavy atom. The average molecular weight is 354 g/mol. The number of aryl methyl sites for hydroxylation is 3. The minimum atomic E-state index is 0.740. The Balaban J connectivity index is 1.94. The van der Waals surface area contributed by atoms with Crippen molar-refractivity contribution in [2.24, 2.45) is 0 Å². The highest BCUT2D eigenvalue weighted by molar-refractivity contribution is 9.11. The Morgan fingerprint density at radius 3 is 2.95 bits per heavy atom.